The Bertz CT molecular complexity index is 946. The molecule has 0 fully saturated rings. The summed E-state index contributed by atoms with van der Waals surface area (Å²) in [5.74, 6) is 0. The van der Waals surface area contributed by atoms with Gasteiger partial charge >= 0.3 is 0 Å². The highest BCUT2D eigenvalue weighted by Gasteiger charge is 2.41. The van der Waals surface area contributed by atoms with E-state index in [1.807, 2.05) is 6.92 Å². The van der Waals surface area contributed by atoms with Crippen LogP contribution in [0.3, 0.4) is 0 Å². The Morgan fingerprint density at radius 3 is 2.20 bits per heavy atom. The predicted octanol–water partition coefficient (Wildman–Crippen LogP) is 4.55. The summed E-state index contributed by atoms with van der Waals surface area (Å²) in [6.45, 7) is 13.2. The van der Waals surface area contributed by atoms with E-state index in [4.69, 9.17) is 16.5 Å². The van der Waals surface area contributed by atoms with Gasteiger partial charge < -0.3 is 21.7 Å². The summed E-state index contributed by atoms with van der Waals surface area (Å²) in [6, 6.07) is 14.7. The molecule has 6 N–H and O–H groups in total. The van der Waals surface area contributed by atoms with Crippen molar-refractivity contribution >= 4 is 5.71 Å². The maximum absolute atomic E-state index is 10.6. The van der Waals surface area contributed by atoms with E-state index in [1.165, 1.54) is 11.1 Å². The Balaban J connectivity index is 0.00000100. The van der Waals surface area contributed by atoms with Crippen LogP contribution in [-0.4, -0.2) is 51.8 Å². The standard InChI is InChI=1S/C26H37N3O2.C3H9N/c1-6-7-24-28-25(26(4,5)31)23(16-30)29(24)15-19-9-11-20(12-10-19)22-14-17(2)8-13-21(22)18(3)27;1-2-3-4/h8-14,18,23-24,30-31H,6-7,15-16,27H2,1-5H3;2-4H2,1H3. The van der Waals surface area contributed by atoms with Gasteiger partial charge in [0.2, 0.25) is 0 Å². The van der Waals surface area contributed by atoms with Gasteiger partial charge in [0, 0.05) is 12.6 Å². The number of nitrogens with two attached hydrogens (primary N) is 2. The second-order valence-electron chi connectivity index (χ2n) is 10.1. The molecule has 1 aliphatic heterocycles. The molecule has 2 aromatic rings. The molecule has 0 amide bonds. The van der Waals surface area contributed by atoms with Crippen molar-refractivity contribution in [2.75, 3.05) is 13.2 Å². The number of nitrogens with zero attached hydrogens (tertiary/aromatic N) is 2. The van der Waals surface area contributed by atoms with E-state index in [0.29, 0.717) is 12.3 Å². The molecule has 2 aromatic carbocycles. The first-order chi connectivity index (χ1) is 16.6. The van der Waals surface area contributed by atoms with Crippen LogP contribution in [0.5, 0.6) is 0 Å². The van der Waals surface area contributed by atoms with Gasteiger partial charge in [0.05, 0.1) is 24.0 Å². The summed E-state index contributed by atoms with van der Waals surface area (Å²) in [4.78, 5) is 7.02. The van der Waals surface area contributed by atoms with E-state index in [-0.39, 0.29) is 24.9 Å². The first kappa shape index (κ1) is 29.1. The lowest BCUT2D eigenvalue weighted by molar-refractivity contribution is 0.110. The second kappa shape index (κ2) is 13.3. The molecule has 0 aliphatic carbocycles. The Hall–Kier alpha value is -2.09. The largest absolute Gasteiger partial charge is 0.394 e. The molecule has 1 aliphatic rings. The van der Waals surface area contributed by atoms with E-state index >= 15 is 0 Å². The smallest absolute Gasteiger partial charge is 0.103 e. The number of hydrogen-bond donors (Lipinski definition) is 4. The van der Waals surface area contributed by atoms with Crippen molar-refractivity contribution in [2.45, 2.75) is 91.2 Å². The van der Waals surface area contributed by atoms with Gasteiger partial charge in [-0.05, 0) is 69.3 Å². The molecule has 0 radical (unpaired) electrons. The average molecular weight is 483 g/mol. The van der Waals surface area contributed by atoms with E-state index in [0.717, 1.165) is 42.5 Å². The van der Waals surface area contributed by atoms with Crippen molar-refractivity contribution in [1.29, 1.82) is 0 Å². The fourth-order valence-electron chi connectivity index (χ4n) is 4.46. The molecule has 0 spiro atoms. The van der Waals surface area contributed by atoms with Crippen molar-refractivity contribution in [1.82, 2.24) is 4.90 Å². The molecular formula is C29H46N4O2. The van der Waals surface area contributed by atoms with Crippen LogP contribution in [0.1, 0.15) is 76.6 Å². The highest BCUT2D eigenvalue weighted by Crippen LogP contribution is 2.31. The number of aliphatic hydroxyl groups excluding tert-OH is 1. The molecule has 194 valence electrons. The summed E-state index contributed by atoms with van der Waals surface area (Å²) in [6.07, 6.45) is 2.97. The van der Waals surface area contributed by atoms with Crippen LogP contribution in [0.4, 0.5) is 0 Å². The number of rotatable bonds is 9. The molecular weight excluding hydrogens is 436 g/mol. The van der Waals surface area contributed by atoms with Crippen LogP contribution in [0.2, 0.25) is 0 Å². The Labute approximate surface area is 212 Å². The fourth-order valence-corrected chi connectivity index (χ4v) is 4.46. The summed E-state index contributed by atoms with van der Waals surface area (Å²) < 4.78 is 0. The zero-order valence-electron chi connectivity index (χ0n) is 22.5. The molecule has 1 heterocycles. The van der Waals surface area contributed by atoms with Crippen LogP contribution in [0.25, 0.3) is 11.1 Å². The van der Waals surface area contributed by atoms with Crippen LogP contribution in [0, 0.1) is 6.92 Å². The van der Waals surface area contributed by atoms with Gasteiger partial charge in [-0.15, -0.1) is 0 Å². The summed E-state index contributed by atoms with van der Waals surface area (Å²) in [5, 5.41) is 20.7. The predicted molar refractivity (Wildman–Crippen MR) is 147 cm³/mol. The van der Waals surface area contributed by atoms with Crippen molar-refractivity contribution in [2.24, 2.45) is 16.5 Å². The number of aliphatic hydroxyl groups is 2. The first-order valence-corrected chi connectivity index (χ1v) is 12.9. The van der Waals surface area contributed by atoms with E-state index < -0.39 is 5.60 Å². The minimum Gasteiger partial charge on any atom is -0.394 e. The van der Waals surface area contributed by atoms with Crippen molar-refractivity contribution in [3.8, 4) is 11.1 Å². The van der Waals surface area contributed by atoms with Gasteiger partial charge in [-0.25, -0.2) is 0 Å². The second-order valence-corrected chi connectivity index (χ2v) is 10.1. The third-order valence-corrected chi connectivity index (χ3v) is 6.35. The average Bonchev–Trinajstić information content (AvgIpc) is 3.17. The van der Waals surface area contributed by atoms with Crippen LogP contribution in [-0.2, 0) is 6.54 Å². The maximum Gasteiger partial charge on any atom is 0.103 e. The topological polar surface area (TPSA) is 108 Å². The Morgan fingerprint density at radius 1 is 1.09 bits per heavy atom. The summed E-state index contributed by atoms with van der Waals surface area (Å²) >= 11 is 0. The number of aliphatic imine (C=N–C) groups is 1. The van der Waals surface area contributed by atoms with Gasteiger partial charge in [0.1, 0.15) is 6.17 Å². The lowest BCUT2D eigenvalue weighted by Gasteiger charge is -2.31. The molecule has 3 rings (SSSR count). The van der Waals surface area contributed by atoms with Gasteiger partial charge in [0.15, 0.2) is 0 Å². The maximum atomic E-state index is 10.6. The minimum absolute atomic E-state index is 0.0234. The molecule has 6 nitrogen and oxygen atoms in total. The molecule has 0 bridgehead atoms. The van der Waals surface area contributed by atoms with Crippen molar-refractivity contribution in [3.63, 3.8) is 0 Å². The number of benzene rings is 2. The number of aryl methyl sites for hydroxylation is 1. The van der Waals surface area contributed by atoms with Crippen molar-refractivity contribution in [3.05, 3.63) is 59.2 Å². The quantitative estimate of drug-likeness (QED) is 0.419. The van der Waals surface area contributed by atoms with Crippen LogP contribution < -0.4 is 11.5 Å². The minimum atomic E-state index is -1.04. The SMILES string of the molecule is CCCC1N=C(C(C)(C)O)C(CO)N1Cc1ccc(-c2cc(C)ccc2C(C)N)cc1.CCCN. The Kier molecular flexibility index (Phi) is 11.1. The highest BCUT2D eigenvalue weighted by molar-refractivity contribution is 5.97. The molecule has 35 heavy (non-hydrogen) atoms. The first-order valence-electron chi connectivity index (χ1n) is 12.9. The zero-order valence-corrected chi connectivity index (χ0v) is 22.5. The van der Waals surface area contributed by atoms with Gasteiger partial charge in [-0.3, -0.25) is 9.89 Å². The van der Waals surface area contributed by atoms with Gasteiger partial charge in [-0.1, -0.05) is 68.3 Å². The van der Waals surface area contributed by atoms with Crippen LogP contribution >= 0.6 is 0 Å². The third-order valence-electron chi connectivity index (χ3n) is 6.35. The van der Waals surface area contributed by atoms with E-state index in [2.05, 4.69) is 68.1 Å². The third kappa shape index (κ3) is 7.69. The summed E-state index contributed by atoms with van der Waals surface area (Å²) in [7, 11) is 0. The van der Waals surface area contributed by atoms with Crippen LogP contribution in [0.15, 0.2) is 47.5 Å². The normalized spacial score (nSPS) is 19.2. The lowest BCUT2D eigenvalue weighted by Crippen LogP contribution is -2.48. The summed E-state index contributed by atoms with van der Waals surface area (Å²) in [5.41, 5.74) is 16.7. The molecule has 0 saturated carbocycles. The lowest BCUT2D eigenvalue weighted by atomic mass is 9.93. The highest BCUT2D eigenvalue weighted by atomic mass is 16.3. The molecule has 3 atom stereocenters. The molecule has 0 aromatic heterocycles. The monoisotopic (exact) mass is 482 g/mol. The van der Waals surface area contributed by atoms with Gasteiger partial charge in [0.25, 0.3) is 0 Å². The fraction of sp³-hybridized carbons (Fsp3) is 0.552. The zero-order chi connectivity index (χ0) is 26.2. The molecule has 3 unspecified atom stereocenters. The number of hydrogen-bond acceptors (Lipinski definition) is 6. The Morgan fingerprint density at radius 2 is 1.71 bits per heavy atom. The van der Waals surface area contributed by atoms with E-state index in [1.54, 1.807) is 13.8 Å². The van der Waals surface area contributed by atoms with E-state index in [9.17, 15) is 10.2 Å². The van der Waals surface area contributed by atoms with Gasteiger partial charge in [-0.2, -0.15) is 0 Å². The molecule has 6 heteroatoms. The molecule has 0 saturated heterocycles. The van der Waals surface area contributed by atoms with Crippen molar-refractivity contribution < 1.29 is 10.2 Å².